The third-order valence-corrected chi connectivity index (χ3v) is 9.56. The van der Waals surface area contributed by atoms with Gasteiger partial charge in [-0.2, -0.15) is 4.31 Å². The van der Waals surface area contributed by atoms with Crippen LogP contribution in [0, 0.1) is 13.8 Å². The van der Waals surface area contributed by atoms with E-state index in [1.54, 1.807) is 32.9 Å². The molecule has 3 rings (SSSR count). The van der Waals surface area contributed by atoms with Gasteiger partial charge in [0.2, 0.25) is 15.9 Å². The van der Waals surface area contributed by atoms with Crippen LogP contribution in [-0.2, 0) is 24.3 Å². The maximum absolute atomic E-state index is 13.4. The van der Waals surface area contributed by atoms with Crippen LogP contribution in [0.4, 0.5) is 11.4 Å². The lowest BCUT2D eigenvalue weighted by Gasteiger charge is -2.19. The third-order valence-electron chi connectivity index (χ3n) is 6.29. The molecular formula is C28H37N5O5S2. The molecule has 0 radical (unpaired) electrons. The van der Waals surface area contributed by atoms with Crippen LogP contribution >= 0.6 is 11.8 Å². The first-order chi connectivity index (χ1) is 18.9. The zero-order chi connectivity index (χ0) is 29.6. The van der Waals surface area contributed by atoms with E-state index in [2.05, 4.69) is 10.6 Å². The lowest BCUT2D eigenvalue weighted by molar-refractivity contribution is -0.117. The molecule has 2 aromatic carbocycles. The van der Waals surface area contributed by atoms with E-state index in [1.807, 2.05) is 32.0 Å². The smallest absolute Gasteiger partial charge is 0.256 e. The number of nitrogens with zero attached hydrogens (tertiary/aromatic N) is 2. The monoisotopic (exact) mass is 587 g/mol. The number of rotatable bonds is 11. The molecular weight excluding hydrogens is 550 g/mol. The summed E-state index contributed by atoms with van der Waals surface area (Å²) < 4.78 is 32.4. The fourth-order valence-electron chi connectivity index (χ4n) is 4.28. The number of carbonyl (C=O) groups is 2. The highest BCUT2D eigenvalue weighted by atomic mass is 32.2. The van der Waals surface area contributed by atoms with E-state index in [1.165, 1.54) is 23.5 Å². The van der Waals surface area contributed by atoms with Gasteiger partial charge in [0.15, 0.2) is 0 Å². The predicted octanol–water partition coefficient (Wildman–Crippen LogP) is 3.48. The molecule has 0 aliphatic carbocycles. The van der Waals surface area contributed by atoms with Crippen LogP contribution in [-0.4, -0.2) is 67.7 Å². The van der Waals surface area contributed by atoms with Crippen molar-refractivity contribution in [1.29, 1.82) is 0 Å². The van der Waals surface area contributed by atoms with Gasteiger partial charge in [-0.25, -0.2) is 13.4 Å². The standard InChI is InChI=1S/C28H37N5O5S2/c1-7-33(8-2)40(36,37)21-11-9-10-20(15-21)31-27(35)25-24(29)23(26(34)30-19(5)16-38-6)28(39-25)32-22-13-12-17(3)14-18(22)4/h9-15,19,25H,7-8,16,29H2,1-6H3,(H,30,34)(H,31,35)/t19-,25+/m1/s1. The SMILES string of the molecule is CCN(CC)S(=O)(=O)c1cccc(NC(=O)[C@H]2SC(=Nc3ccc(C)cc3C)C(C(=O)N[C@H](C)COC)=C2N)c1. The number of anilines is 1. The van der Waals surface area contributed by atoms with Gasteiger partial charge >= 0.3 is 0 Å². The summed E-state index contributed by atoms with van der Waals surface area (Å²) in [5, 5.41) is 4.98. The Bertz CT molecular complexity index is 1430. The van der Waals surface area contributed by atoms with E-state index in [-0.39, 0.29) is 22.2 Å². The first kappa shape index (κ1) is 31.3. The van der Waals surface area contributed by atoms with Crippen LogP contribution in [0.1, 0.15) is 31.9 Å². The maximum atomic E-state index is 13.4. The van der Waals surface area contributed by atoms with E-state index in [0.29, 0.717) is 36.1 Å². The summed E-state index contributed by atoms with van der Waals surface area (Å²) in [5.41, 5.74) is 9.58. The molecule has 0 aromatic heterocycles. The Balaban J connectivity index is 1.95. The fourth-order valence-corrected chi connectivity index (χ4v) is 6.89. The van der Waals surface area contributed by atoms with Crippen molar-refractivity contribution in [2.75, 3.05) is 32.1 Å². The summed E-state index contributed by atoms with van der Waals surface area (Å²) in [4.78, 5) is 31.5. The molecule has 12 heteroatoms. The number of ether oxygens (including phenoxy) is 1. The van der Waals surface area contributed by atoms with Gasteiger partial charge in [0, 0.05) is 37.6 Å². The molecule has 1 aliphatic rings. The normalized spacial score (nSPS) is 17.4. The Kier molecular flexibility index (Phi) is 10.5. The molecule has 0 fully saturated rings. The third kappa shape index (κ3) is 7.11. The number of hydrogen-bond donors (Lipinski definition) is 3. The molecule has 0 bridgehead atoms. The van der Waals surface area contributed by atoms with Crippen LogP contribution in [0.3, 0.4) is 0 Å². The number of methoxy groups -OCH3 is 1. The van der Waals surface area contributed by atoms with E-state index in [9.17, 15) is 18.0 Å². The number of amides is 2. The minimum atomic E-state index is -3.72. The molecule has 0 unspecified atom stereocenters. The van der Waals surface area contributed by atoms with Crippen molar-refractivity contribution >= 4 is 50.0 Å². The first-order valence-electron chi connectivity index (χ1n) is 13.0. The van der Waals surface area contributed by atoms with Crippen molar-refractivity contribution in [3.63, 3.8) is 0 Å². The molecule has 1 aliphatic heterocycles. The summed E-state index contributed by atoms with van der Waals surface area (Å²) in [7, 11) is -2.18. The Labute approximate surface area is 240 Å². The Morgan fingerprint density at radius 1 is 1.15 bits per heavy atom. The summed E-state index contributed by atoms with van der Waals surface area (Å²) in [6, 6.07) is 11.5. The number of benzene rings is 2. The molecule has 0 saturated heterocycles. The van der Waals surface area contributed by atoms with Crippen molar-refractivity contribution in [3.8, 4) is 0 Å². The zero-order valence-corrected chi connectivity index (χ0v) is 25.3. The van der Waals surface area contributed by atoms with Crippen LogP contribution in [0.15, 0.2) is 63.6 Å². The number of aryl methyl sites for hydroxylation is 2. The zero-order valence-electron chi connectivity index (χ0n) is 23.6. The summed E-state index contributed by atoms with van der Waals surface area (Å²) >= 11 is 1.07. The Morgan fingerprint density at radius 2 is 1.85 bits per heavy atom. The molecule has 1 heterocycles. The second-order valence-electron chi connectivity index (χ2n) is 9.47. The highest BCUT2D eigenvalue weighted by molar-refractivity contribution is 8.16. The maximum Gasteiger partial charge on any atom is 0.256 e. The molecule has 2 aromatic rings. The predicted molar refractivity (Wildman–Crippen MR) is 160 cm³/mol. The van der Waals surface area contributed by atoms with Crippen LogP contribution in [0.2, 0.25) is 0 Å². The molecule has 2 atom stereocenters. The minimum Gasteiger partial charge on any atom is -0.400 e. The van der Waals surface area contributed by atoms with Gasteiger partial charge in [-0.1, -0.05) is 49.4 Å². The highest BCUT2D eigenvalue weighted by Gasteiger charge is 2.39. The highest BCUT2D eigenvalue weighted by Crippen LogP contribution is 2.36. The number of thioether (sulfide) groups is 1. The number of sulfonamides is 1. The van der Waals surface area contributed by atoms with Gasteiger partial charge < -0.3 is 21.1 Å². The average Bonchev–Trinajstić information content (AvgIpc) is 3.22. The number of carbonyl (C=O) groups excluding carboxylic acids is 2. The second kappa shape index (κ2) is 13.4. The Morgan fingerprint density at radius 3 is 2.48 bits per heavy atom. The van der Waals surface area contributed by atoms with Crippen LogP contribution in [0.25, 0.3) is 0 Å². The largest absolute Gasteiger partial charge is 0.400 e. The van der Waals surface area contributed by atoms with E-state index in [0.717, 1.165) is 22.9 Å². The van der Waals surface area contributed by atoms with Crippen molar-refractivity contribution in [1.82, 2.24) is 9.62 Å². The molecule has 0 saturated carbocycles. The molecule has 40 heavy (non-hydrogen) atoms. The number of nitrogens with two attached hydrogens (primary N) is 1. The number of nitrogens with one attached hydrogen (secondary N) is 2. The summed E-state index contributed by atoms with van der Waals surface area (Å²) in [6.45, 7) is 10.2. The molecule has 10 nitrogen and oxygen atoms in total. The van der Waals surface area contributed by atoms with Gasteiger partial charge in [-0.05, 0) is 50.6 Å². The lowest BCUT2D eigenvalue weighted by Crippen LogP contribution is -2.38. The summed E-state index contributed by atoms with van der Waals surface area (Å²) in [5.74, 6) is -0.957. The van der Waals surface area contributed by atoms with Gasteiger partial charge in [-0.3, -0.25) is 9.59 Å². The van der Waals surface area contributed by atoms with Crippen molar-refractivity contribution in [3.05, 3.63) is 64.9 Å². The van der Waals surface area contributed by atoms with E-state index in [4.69, 9.17) is 15.5 Å². The topological polar surface area (TPSA) is 143 Å². The number of aliphatic imine (C=N–C) groups is 1. The van der Waals surface area contributed by atoms with Crippen LogP contribution in [0.5, 0.6) is 0 Å². The number of hydrogen-bond acceptors (Lipinski definition) is 8. The fraction of sp³-hybridized carbons (Fsp3) is 0.393. The molecule has 2 amide bonds. The van der Waals surface area contributed by atoms with E-state index >= 15 is 0 Å². The van der Waals surface area contributed by atoms with Crippen molar-refractivity contribution in [2.45, 2.75) is 50.8 Å². The Hall–Kier alpha value is -3.19. The molecule has 0 spiro atoms. The molecule has 216 valence electrons. The van der Waals surface area contributed by atoms with E-state index < -0.39 is 27.1 Å². The quantitative estimate of drug-likeness (QED) is 0.365. The molecule has 4 N–H and O–H groups in total. The van der Waals surface area contributed by atoms with Crippen molar-refractivity contribution in [2.24, 2.45) is 10.7 Å². The first-order valence-corrected chi connectivity index (χ1v) is 15.3. The van der Waals surface area contributed by atoms with Crippen molar-refractivity contribution < 1.29 is 22.7 Å². The van der Waals surface area contributed by atoms with Gasteiger partial charge in [-0.15, -0.1) is 0 Å². The second-order valence-corrected chi connectivity index (χ2v) is 12.5. The van der Waals surface area contributed by atoms with Gasteiger partial charge in [0.05, 0.1) is 22.8 Å². The van der Waals surface area contributed by atoms with Gasteiger partial charge in [0.1, 0.15) is 10.3 Å². The van der Waals surface area contributed by atoms with Crippen LogP contribution < -0.4 is 16.4 Å². The lowest BCUT2D eigenvalue weighted by atomic mass is 10.1. The summed E-state index contributed by atoms with van der Waals surface area (Å²) in [6.07, 6.45) is 0. The minimum absolute atomic E-state index is 0.0695. The average molecular weight is 588 g/mol. The van der Waals surface area contributed by atoms with Gasteiger partial charge in [0.25, 0.3) is 5.91 Å².